The van der Waals surface area contributed by atoms with Crippen molar-refractivity contribution < 1.29 is 31.6 Å². The van der Waals surface area contributed by atoms with Crippen LogP contribution in [0.25, 0.3) is 11.5 Å². The van der Waals surface area contributed by atoms with Crippen LogP contribution in [0.15, 0.2) is 8.94 Å². The number of rotatable bonds is 5. The molecule has 2 heterocycles. The second kappa shape index (κ2) is 6.09. The van der Waals surface area contributed by atoms with Crippen LogP contribution < -0.4 is 0 Å². The lowest BCUT2D eigenvalue weighted by molar-refractivity contribution is -0.152. The second-order valence-corrected chi connectivity index (χ2v) is 4.62. The summed E-state index contributed by atoms with van der Waals surface area (Å²) >= 11 is 0. The van der Waals surface area contributed by atoms with Crippen molar-refractivity contribution in [2.24, 2.45) is 0 Å². The van der Waals surface area contributed by atoms with Crippen molar-refractivity contribution >= 4 is 0 Å². The van der Waals surface area contributed by atoms with Crippen molar-refractivity contribution in [2.75, 3.05) is 20.8 Å². The monoisotopic (exact) mass is 320 g/mol. The van der Waals surface area contributed by atoms with E-state index in [-0.39, 0.29) is 29.6 Å². The first-order valence-corrected chi connectivity index (χ1v) is 6.32. The average molecular weight is 320 g/mol. The number of nitrogens with zero attached hydrogens (tertiary/aromatic N) is 2. The number of aryl methyl sites for hydroxylation is 1. The smallest absolute Gasteiger partial charge is 0.450 e. The van der Waals surface area contributed by atoms with E-state index in [9.17, 15) is 13.2 Å². The van der Waals surface area contributed by atoms with E-state index >= 15 is 0 Å². The zero-order chi connectivity index (χ0) is 16.5. The summed E-state index contributed by atoms with van der Waals surface area (Å²) < 4.78 is 58.9. The van der Waals surface area contributed by atoms with Gasteiger partial charge in [0.2, 0.25) is 11.6 Å². The van der Waals surface area contributed by atoms with Gasteiger partial charge in [-0.15, -0.1) is 0 Å². The molecular weight excluding hydrogens is 305 g/mol. The maximum Gasteiger partial charge on any atom is 0.450 e. The molecule has 0 N–H and O–H groups in total. The molecule has 0 aliphatic carbocycles. The number of hydrogen-bond donors (Lipinski definition) is 0. The summed E-state index contributed by atoms with van der Waals surface area (Å²) in [5, 5.41) is 3.66. The van der Waals surface area contributed by atoms with Gasteiger partial charge in [0.25, 0.3) is 5.89 Å². The molecule has 0 aliphatic heterocycles. The van der Waals surface area contributed by atoms with Crippen LogP contribution in [-0.2, 0) is 15.7 Å². The van der Waals surface area contributed by atoms with Gasteiger partial charge in [0.15, 0.2) is 0 Å². The molecule has 122 valence electrons. The largest absolute Gasteiger partial charge is 0.456 e. The summed E-state index contributed by atoms with van der Waals surface area (Å²) in [6.45, 7) is 3.08. The lowest BCUT2D eigenvalue weighted by Crippen LogP contribution is -2.10. The van der Waals surface area contributed by atoms with Gasteiger partial charge < -0.3 is 18.4 Å². The minimum Gasteiger partial charge on any atom is -0.456 e. The molecule has 2 rings (SSSR count). The maximum atomic E-state index is 13.1. The third kappa shape index (κ3) is 3.00. The van der Waals surface area contributed by atoms with E-state index in [2.05, 4.69) is 10.1 Å². The van der Waals surface area contributed by atoms with Crippen LogP contribution in [0.2, 0.25) is 0 Å². The lowest BCUT2D eigenvalue weighted by Gasteiger charge is -2.08. The van der Waals surface area contributed by atoms with E-state index in [1.165, 1.54) is 28.1 Å². The molecule has 0 aromatic carbocycles. The highest BCUT2D eigenvalue weighted by Crippen LogP contribution is 2.41. The quantitative estimate of drug-likeness (QED) is 0.842. The van der Waals surface area contributed by atoms with Crippen molar-refractivity contribution in [1.82, 2.24) is 10.1 Å². The van der Waals surface area contributed by atoms with Crippen LogP contribution in [0.3, 0.4) is 0 Å². The molecule has 0 spiro atoms. The molecule has 9 heteroatoms. The molecule has 0 bridgehead atoms. The fourth-order valence-corrected chi connectivity index (χ4v) is 1.95. The molecule has 1 atom stereocenters. The Bertz CT molecular complexity index is 648. The average Bonchev–Trinajstić information content (AvgIpc) is 3.02. The van der Waals surface area contributed by atoms with E-state index < -0.39 is 18.0 Å². The summed E-state index contributed by atoms with van der Waals surface area (Å²) in [4.78, 5) is 3.98. The van der Waals surface area contributed by atoms with Crippen LogP contribution in [0.1, 0.15) is 29.0 Å². The van der Waals surface area contributed by atoms with Crippen molar-refractivity contribution in [2.45, 2.75) is 26.1 Å². The topological polar surface area (TPSA) is 70.5 Å². The highest BCUT2D eigenvalue weighted by atomic mass is 19.4. The zero-order valence-corrected chi connectivity index (χ0v) is 12.4. The van der Waals surface area contributed by atoms with Crippen molar-refractivity contribution in [1.29, 1.82) is 0 Å². The van der Waals surface area contributed by atoms with Crippen LogP contribution in [-0.4, -0.2) is 31.0 Å². The molecule has 1 unspecified atom stereocenters. The van der Waals surface area contributed by atoms with Gasteiger partial charge >= 0.3 is 6.18 Å². The maximum absolute atomic E-state index is 13.1. The number of furan rings is 1. The fourth-order valence-electron chi connectivity index (χ4n) is 1.95. The Morgan fingerprint density at radius 3 is 2.45 bits per heavy atom. The van der Waals surface area contributed by atoms with E-state index in [1.54, 1.807) is 0 Å². The first kappa shape index (κ1) is 16.5. The Morgan fingerprint density at radius 1 is 1.23 bits per heavy atom. The van der Waals surface area contributed by atoms with E-state index in [1.807, 2.05) is 0 Å². The van der Waals surface area contributed by atoms with Gasteiger partial charge in [0.05, 0.1) is 12.2 Å². The molecule has 2 aromatic rings. The van der Waals surface area contributed by atoms with E-state index in [4.69, 9.17) is 18.4 Å². The molecule has 0 saturated heterocycles. The minimum atomic E-state index is -4.66. The first-order chi connectivity index (χ1) is 10.3. The Kier molecular flexibility index (Phi) is 4.57. The molecule has 22 heavy (non-hydrogen) atoms. The van der Waals surface area contributed by atoms with E-state index in [0.29, 0.717) is 5.56 Å². The van der Waals surface area contributed by atoms with Crippen LogP contribution in [0, 0.1) is 13.8 Å². The van der Waals surface area contributed by atoms with Crippen molar-refractivity contribution in [3.8, 4) is 11.5 Å². The normalized spacial score (nSPS) is 13.6. The molecule has 0 saturated carbocycles. The number of hydrogen-bond acceptors (Lipinski definition) is 6. The minimum absolute atomic E-state index is 0.103. The lowest BCUT2D eigenvalue weighted by atomic mass is 10.1. The van der Waals surface area contributed by atoms with E-state index in [0.717, 1.165) is 0 Å². The molecule has 2 aromatic heterocycles. The predicted octanol–water partition coefficient (Wildman–Crippen LogP) is 3.30. The van der Waals surface area contributed by atoms with Crippen molar-refractivity contribution in [3.05, 3.63) is 22.9 Å². The Hall–Kier alpha value is -1.87. The number of alkyl halides is 3. The van der Waals surface area contributed by atoms with Gasteiger partial charge in [-0.05, 0) is 13.8 Å². The molecule has 0 fully saturated rings. The molecule has 0 amide bonds. The third-order valence-electron chi connectivity index (χ3n) is 3.19. The fraction of sp³-hybridized carbons (Fsp3) is 0.538. The van der Waals surface area contributed by atoms with Crippen LogP contribution in [0.5, 0.6) is 0 Å². The SMILES string of the molecule is COCC(OC)c1noc(-c2c(C(F)(F)F)oc(C)c2C)n1. The van der Waals surface area contributed by atoms with Crippen LogP contribution in [0.4, 0.5) is 13.2 Å². The summed E-state index contributed by atoms with van der Waals surface area (Å²) in [5.41, 5.74) is 0.0410. The highest BCUT2D eigenvalue weighted by molar-refractivity contribution is 5.63. The Morgan fingerprint density at radius 2 is 1.91 bits per heavy atom. The number of methoxy groups -OCH3 is 2. The molecule has 0 radical (unpaired) electrons. The van der Waals surface area contributed by atoms with Crippen molar-refractivity contribution in [3.63, 3.8) is 0 Å². The standard InChI is InChI=1S/C13H15F3N2O4/c1-6-7(2)21-10(13(14,15)16)9(6)12-17-11(18-22-12)8(20-4)5-19-3/h8H,5H2,1-4H3. The zero-order valence-electron chi connectivity index (χ0n) is 12.4. The summed E-state index contributed by atoms with van der Waals surface area (Å²) in [7, 11) is 2.87. The first-order valence-electron chi connectivity index (χ1n) is 6.32. The Balaban J connectivity index is 2.47. The number of ether oxygens (including phenoxy) is 2. The van der Waals surface area contributed by atoms with Gasteiger partial charge in [-0.25, -0.2) is 0 Å². The molecule has 0 aliphatic rings. The van der Waals surface area contributed by atoms with Gasteiger partial charge in [-0.1, -0.05) is 5.16 Å². The summed E-state index contributed by atoms with van der Waals surface area (Å²) in [5.74, 6) is -1.18. The Labute approximate surface area is 124 Å². The molecular formula is C13H15F3N2O4. The summed E-state index contributed by atoms with van der Waals surface area (Å²) in [6.07, 6.45) is -5.29. The second-order valence-electron chi connectivity index (χ2n) is 4.62. The molecule has 6 nitrogen and oxygen atoms in total. The van der Waals surface area contributed by atoms with Crippen LogP contribution >= 0.6 is 0 Å². The predicted molar refractivity (Wildman–Crippen MR) is 68.1 cm³/mol. The third-order valence-corrected chi connectivity index (χ3v) is 3.19. The number of aromatic nitrogens is 2. The van der Waals surface area contributed by atoms with Gasteiger partial charge in [-0.3, -0.25) is 0 Å². The van der Waals surface area contributed by atoms with Gasteiger partial charge in [0, 0.05) is 19.8 Å². The highest BCUT2D eigenvalue weighted by Gasteiger charge is 2.41. The number of halogens is 3. The van der Waals surface area contributed by atoms with Gasteiger partial charge in [-0.2, -0.15) is 18.2 Å². The summed E-state index contributed by atoms with van der Waals surface area (Å²) in [6, 6.07) is 0. The van der Waals surface area contributed by atoms with Gasteiger partial charge in [0.1, 0.15) is 11.9 Å².